The Morgan fingerprint density at radius 3 is 1.73 bits per heavy atom. The number of aliphatic hydroxyl groups is 1. The number of carbonyl (C=O) groups excluding carboxylic acids is 2. The molecule has 59 heavy (non-hydrogen) atoms. The van der Waals surface area contributed by atoms with E-state index in [1.807, 2.05) is 49.5 Å². The molecular formula is C46H72NO11P. The summed E-state index contributed by atoms with van der Waals surface area (Å²) in [7, 11) is -4.76. The Kier molecular flexibility index (Phi) is 36.9. The molecule has 0 fully saturated rings. The Morgan fingerprint density at radius 1 is 0.610 bits per heavy atom. The van der Waals surface area contributed by atoms with Gasteiger partial charge < -0.3 is 30.3 Å². The molecule has 13 heteroatoms. The Balaban J connectivity index is 4.59. The number of phosphoric ester groups is 1. The molecule has 0 aliphatic carbocycles. The van der Waals surface area contributed by atoms with E-state index in [1.54, 1.807) is 6.08 Å². The van der Waals surface area contributed by atoms with Gasteiger partial charge in [-0.3, -0.25) is 23.4 Å². The minimum absolute atomic E-state index is 0.0743. The van der Waals surface area contributed by atoms with Gasteiger partial charge in [-0.25, -0.2) is 4.57 Å². The molecule has 0 aliphatic rings. The van der Waals surface area contributed by atoms with Gasteiger partial charge in [-0.15, -0.1) is 0 Å². The SMILES string of the molecule is CC/C=C\C/C=C\C/C=C\C/C=C\C/C=C\C/C=C\CCC(=O)OC[C@H](COP(=O)(O)OC[C@H](N)C(=O)O)OC(=O)CCCCCCC/C=C/C=C/C(O)C/C=C/CC. The van der Waals surface area contributed by atoms with Crippen molar-refractivity contribution < 1.29 is 52.6 Å². The zero-order chi connectivity index (χ0) is 43.7. The van der Waals surface area contributed by atoms with Gasteiger partial charge in [0.25, 0.3) is 0 Å². The first-order chi connectivity index (χ1) is 28.5. The molecule has 332 valence electrons. The molecule has 2 unspecified atom stereocenters. The number of hydrogen-bond acceptors (Lipinski definition) is 10. The van der Waals surface area contributed by atoms with Gasteiger partial charge in [-0.2, -0.15) is 0 Å². The second-order valence-electron chi connectivity index (χ2n) is 13.6. The quantitative estimate of drug-likeness (QED) is 0.0152. The lowest BCUT2D eigenvalue weighted by atomic mass is 10.1. The standard InChI is InChI=1S/C46H72NO11P/c1-3-5-7-8-9-10-11-12-13-14-15-16-17-18-19-22-25-28-32-36-44(49)55-38-42(39-56-59(53,54)57-40-43(47)46(51)52)58-45(50)37-33-29-26-23-20-21-24-27-31-35-41(48)34-30-6-4-2/h5-7,9-10,12-13,15-16,18-19,24-25,27-28,30-31,35,41-43,48H,3-4,8,11,14,17,20-23,26,29,32-34,36-40,47H2,1-2H3,(H,51,52)(H,53,54)/b7-5-,10-9-,13-12-,16-15-,19-18-,27-24+,28-25-,30-6+,35-31+/t41?,42-,43+/m1/s1. The molecule has 0 saturated carbocycles. The third-order valence-corrected chi connectivity index (χ3v) is 9.06. The highest BCUT2D eigenvalue weighted by Gasteiger charge is 2.28. The predicted octanol–water partition coefficient (Wildman–Crippen LogP) is 10.0. The number of phosphoric acid groups is 1. The fraction of sp³-hybridized carbons (Fsp3) is 0.543. The first-order valence-electron chi connectivity index (χ1n) is 21.0. The van der Waals surface area contributed by atoms with Gasteiger partial charge in [0.2, 0.25) is 0 Å². The predicted molar refractivity (Wildman–Crippen MR) is 236 cm³/mol. The third-order valence-electron chi connectivity index (χ3n) is 8.11. The number of carboxylic acid groups (broad SMARTS) is 1. The lowest BCUT2D eigenvalue weighted by Crippen LogP contribution is -2.34. The second kappa shape index (κ2) is 39.6. The molecule has 0 aliphatic heterocycles. The highest BCUT2D eigenvalue weighted by molar-refractivity contribution is 7.47. The third kappa shape index (κ3) is 39.3. The van der Waals surface area contributed by atoms with Crippen LogP contribution in [-0.4, -0.2) is 71.1 Å². The van der Waals surface area contributed by atoms with Crippen molar-refractivity contribution in [1.82, 2.24) is 0 Å². The van der Waals surface area contributed by atoms with Crippen LogP contribution in [-0.2, 0) is 37.5 Å². The number of unbranched alkanes of at least 4 members (excludes halogenated alkanes) is 5. The van der Waals surface area contributed by atoms with Crippen LogP contribution in [0.1, 0.15) is 123 Å². The fourth-order valence-electron chi connectivity index (χ4n) is 4.83. The lowest BCUT2D eigenvalue weighted by Gasteiger charge is -2.20. The molecule has 0 aromatic rings. The zero-order valence-electron chi connectivity index (χ0n) is 35.4. The summed E-state index contributed by atoms with van der Waals surface area (Å²) in [6.45, 7) is 2.34. The van der Waals surface area contributed by atoms with E-state index in [9.17, 15) is 28.9 Å². The van der Waals surface area contributed by atoms with E-state index in [0.29, 0.717) is 19.3 Å². The maximum Gasteiger partial charge on any atom is 0.472 e. The summed E-state index contributed by atoms with van der Waals surface area (Å²) in [6.07, 6.45) is 47.9. The number of aliphatic hydroxyl groups excluding tert-OH is 1. The summed E-state index contributed by atoms with van der Waals surface area (Å²) in [5.74, 6) is -2.57. The second-order valence-corrected chi connectivity index (χ2v) is 15.0. The molecule has 4 atom stereocenters. The van der Waals surface area contributed by atoms with Gasteiger partial charge in [0.05, 0.1) is 19.3 Å². The van der Waals surface area contributed by atoms with Crippen molar-refractivity contribution in [2.24, 2.45) is 5.73 Å². The molecule has 0 bridgehead atoms. The molecule has 0 amide bonds. The van der Waals surface area contributed by atoms with Crippen molar-refractivity contribution in [1.29, 1.82) is 0 Å². The molecule has 0 radical (unpaired) electrons. The maximum atomic E-state index is 12.6. The molecule has 0 spiro atoms. The van der Waals surface area contributed by atoms with Crippen LogP contribution in [0.2, 0.25) is 0 Å². The summed E-state index contributed by atoms with van der Waals surface area (Å²) in [6, 6.07) is -1.55. The largest absolute Gasteiger partial charge is 0.480 e. The van der Waals surface area contributed by atoms with Crippen LogP contribution in [0.4, 0.5) is 0 Å². The number of rotatable bonds is 37. The summed E-state index contributed by atoms with van der Waals surface area (Å²) < 4.78 is 32.5. The van der Waals surface area contributed by atoms with Crippen LogP contribution in [0.25, 0.3) is 0 Å². The topological polar surface area (TPSA) is 192 Å². The number of nitrogens with two attached hydrogens (primary N) is 1. The minimum Gasteiger partial charge on any atom is -0.480 e. The van der Waals surface area contributed by atoms with Crippen LogP contribution >= 0.6 is 7.82 Å². The smallest absolute Gasteiger partial charge is 0.472 e. The van der Waals surface area contributed by atoms with E-state index < -0.39 is 63.8 Å². The Morgan fingerprint density at radius 2 is 1.14 bits per heavy atom. The molecule has 12 nitrogen and oxygen atoms in total. The van der Waals surface area contributed by atoms with Gasteiger partial charge in [-0.1, -0.05) is 142 Å². The van der Waals surface area contributed by atoms with Crippen molar-refractivity contribution in [2.45, 2.75) is 141 Å². The normalized spacial score (nSPS) is 15.3. The van der Waals surface area contributed by atoms with Crippen molar-refractivity contribution in [3.8, 4) is 0 Å². The highest BCUT2D eigenvalue weighted by Crippen LogP contribution is 2.43. The Bertz CT molecular complexity index is 1430. The Hall–Kier alpha value is -3.90. The first-order valence-corrected chi connectivity index (χ1v) is 22.5. The van der Waals surface area contributed by atoms with E-state index in [-0.39, 0.29) is 12.8 Å². The van der Waals surface area contributed by atoms with Crippen LogP contribution in [0, 0.1) is 0 Å². The van der Waals surface area contributed by atoms with E-state index >= 15 is 0 Å². The molecule has 0 aromatic heterocycles. The molecule has 0 saturated heterocycles. The van der Waals surface area contributed by atoms with Crippen molar-refractivity contribution >= 4 is 25.7 Å². The van der Waals surface area contributed by atoms with Gasteiger partial charge in [0.1, 0.15) is 12.6 Å². The molecule has 0 heterocycles. The van der Waals surface area contributed by atoms with Gasteiger partial charge in [0, 0.05) is 12.8 Å². The van der Waals surface area contributed by atoms with Crippen LogP contribution in [0.5, 0.6) is 0 Å². The van der Waals surface area contributed by atoms with Crippen LogP contribution in [0.3, 0.4) is 0 Å². The summed E-state index contributed by atoms with van der Waals surface area (Å²) in [4.78, 5) is 45.9. The average Bonchev–Trinajstić information content (AvgIpc) is 3.20. The zero-order valence-corrected chi connectivity index (χ0v) is 36.3. The van der Waals surface area contributed by atoms with Gasteiger partial charge >= 0.3 is 25.7 Å². The van der Waals surface area contributed by atoms with Crippen molar-refractivity contribution in [3.05, 3.63) is 109 Å². The molecule has 0 rings (SSSR count). The van der Waals surface area contributed by atoms with Gasteiger partial charge in [-0.05, 0) is 77.0 Å². The van der Waals surface area contributed by atoms with Crippen LogP contribution < -0.4 is 5.73 Å². The molecule has 0 aromatic carbocycles. The maximum absolute atomic E-state index is 12.6. The van der Waals surface area contributed by atoms with Crippen molar-refractivity contribution in [2.75, 3.05) is 19.8 Å². The van der Waals surface area contributed by atoms with E-state index in [2.05, 4.69) is 72.2 Å². The summed E-state index contributed by atoms with van der Waals surface area (Å²) >= 11 is 0. The van der Waals surface area contributed by atoms with Crippen LogP contribution in [0.15, 0.2) is 109 Å². The number of ether oxygens (including phenoxy) is 2. The van der Waals surface area contributed by atoms with E-state index in [1.165, 1.54) is 0 Å². The summed E-state index contributed by atoms with van der Waals surface area (Å²) in [5.41, 5.74) is 5.32. The van der Waals surface area contributed by atoms with E-state index in [0.717, 1.165) is 77.0 Å². The lowest BCUT2D eigenvalue weighted by molar-refractivity contribution is -0.161. The van der Waals surface area contributed by atoms with E-state index in [4.69, 9.17) is 24.8 Å². The number of allylic oxidation sites excluding steroid dienone is 16. The number of carbonyl (C=O) groups is 3. The Labute approximate surface area is 353 Å². The monoisotopic (exact) mass is 845 g/mol. The minimum atomic E-state index is -4.76. The number of aliphatic carboxylic acids is 1. The summed E-state index contributed by atoms with van der Waals surface area (Å²) in [5, 5.41) is 18.8. The van der Waals surface area contributed by atoms with Crippen molar-refractivity contribution in [3.63, 3.8) is 0 Å². The molecule has 5 N–H and O–H groups in total. The first kappa shape index (κ1) is 55.1. The number of hydrogen-bond donors (Lipinski definition) is 4. The number of carboxylic acids is 1. The fourth-order valence-corrected chi connectivity index (χ4v) is 5.61. The number of esters is 2. The molecular weight excluding hydrogens is 773 g/mol. The van der Waals surface area contributed by atoms with Gasteiger partial charge in [0.15, 0.2) is 6.10 Å². The highest BCUT2D eigenvalue weighted by atomic mass is 31.2. The average molecular weight is 846 g/mol.